The fraction of sp³-hybridized carbons (Fsp3) is 0.227. The lowest BCUT2D eigenvalue weighted by molar-refractivity contribution is -0.139. The maximum absolute atomic E-state index is 13.8. The number of nitrogens with zero attached hydrogens (tertiary/aromatic N) is 6. The molecular formula is C22H22F2N6O7. The second kappa shape index (κ2) is 18.2. The highest BCUT2D eigenvalue weighted by Gasteiger charge is 2.11. The number of azide groups is 2. The summed E-state index contributed by atoms with van der Waals surface area (Å²) < 4.78 is 44.7. The van der Waals surface area contributed by atoms with Crippen molar-refractivity contribution in [2.45, 2.75) is 0 Å². The molecule has 0 aliphatic heterocycles. The fourth-order valence-electron chi connectivity index (χ4n) is 2.16. The Bertz CT molecular complexity index is 1210. The average Bonchev–Trinajstić information content (AvgIpc) is 2.92. The van der Waals surface area contributed by atoms with Gasteiger partial charge in [-0.1, -0.05) is 28.4 Å². The lowest BCUT2D eigenvalue weighted by Crippen LogP contribution is -2.02. The lowest BCUT2D eigenvalue weighted by atomic mass is 10.1. The Balaban J connectivity index is 0.000000580. The minimum Gasteiger partial charge on any atom is -0.494 e. The van der Waals surface area contributed by atoms with Crippen LogP contribution in [0.2, 0.25) is 0 Å². The Morgan fingerprint density at radius 3 is 1.86 bits per heavy atom. The van der Waals surface area contributed by atoms with Crippen LogP contribution in [0.1, 0.15) is 15.9 Å². The maximum atomic E-state index is 13.8. The molecule has 196 valence electrons. The van der Waals surface area contributed by atoms with E-state index in [1.807, 2.05) is 0 Å². The average molecular weight is 520 g/mol. The predicted molar refractivity (Wildman–Crippen MR) is 126 cm³/mol. The number of ether oxygens (including phenoxy) is 4. The van der Waals surface area contributed by atoms with Gasteiger partial charge < -0.3 is 18.9 Å². The number of halogens is 2. The summed E-state index contributed by atoms with van der Waals surface area (Å²) in [7, 11) is 5.04. The first-order valence-electron chi connectivity index (χ1n) is 9.77. The molecule has 0 saturated heterocycles. The SMILES string of the molecule is COC(=O)/C(=C\c1cccc(OC)c1F)N=[N+]=[N-].COC(=O)CN=[N+]=[N-].COc1cccc(C=O)c1F. The molecule has 2 rings (SSSR count). The third-order valence-electron chi connectivity index (χ3n) is 3.88. The molecule has 0 radical (unpaired) electrons. The fourth-order valence-corrected chi connectivity index (χ4v) is 2.16. The van der Waals surface area contributed by atoms with Gasteiger partial charge in [-0.05, 0) is 35.3 Å². The van der Waals surface area contributed by atoms with Gasteiger partial charge in [0.1, 0.15) is 12.2 Å². The van der Waals surface area contributed by atoms with Crippen molar-refractivity contribution in [3.63, 3.8) is 0 Å². The molecule has 0 bridgehead atoms. The number of esters is 2. The maximum Gasteiger partial charge on any atom is 0.340 e. The molecule has 0 aromatic heterocycles. The van der Waals surface area contributed by atoms with Gasteiger partial charge in [-0.15, -0.1) is 0 Å². The minimum absolute atomic E-state index is 0.0179. The summed E-state index contributed by atoms with van der Waals surface area (Å²) >= 11 is 0. The van der Waals surface area contributed by atoms with Crippen molar-refractivity contribution in [2.24, 2.45) is 10.2 Å². The highest BCUT2D eigenvalue weighted by Crippen LogP contribution is 2.22. The molecule has 2 aromatic rings. The van der Waals surface area contributed by atoms with Gasteiger partial charge in [-0.2, -0.15) is 0 Å². The third-order valence-corrected chi connectivity index (χ3v) is 3.88. The van der Waals surface area contributed by atoms with Gasteiger partial charge in [0.15, 0.2) is 29.4 Å². The van der Waals surface area contributed by atoms with Crippen LogP contribution in [0.25, 0.3) is 27.0 Å². The smallest absolute Gasteiger partial charge is 0.340 e. The molecule has 0 N–H and O–H groups in total. The number of benzene rings is 2. The lowest BCUT2D eigenvalue weighted by Gasteiger charge is -2.04. The van der Waals surface area contributed by atoms with Crippen LogP contribution in [0.4, 0.5) is 8.78 Å². The molecule has 0 fully saturated rings. The Labute approximate surface area is 209 Å². The van der Waals surface area contributed by atoms with Crippen molar-refractivity contribution < 1.29 is 42.1 Å². The number of carbonyl (C=O) groups is 3. The summed E-state index contributed by atoms with van der Waals surface area (Å²) in [6.07, 6.45) is 1.54. The number of carbonyl (C=O) groups excluding carboxylic acids is 3. The van der Waals surface area contributed by atoms with Crippen LogP contribution in [-0.4, -0.2) is 53.2 Å². The molecule has 0 atom stereocenters. The highest BCUT2D eigenvalue weighted by atomic mass is 19.1. The van der Waals surface area contributed by atoms with E-state index in [9.17, 15) is 23.2 Å². The van der Waals surface area contributed by atoms with E-state index in [-0.39, 0.29) is 34.9 Å². The number of rotatable bonds is 8. The third kappa shape index (κ3) is 11.2. The van der Waals surface area contributed by atoms with Crippen molar-refractivity contribution in [3.8, 4) is 11.5 Å². The van der Waals surface area contributed by atoms with Crippen LogP contribution in [0, 0.1) is 11.6 Å². The van der Waals surface area contributed by atoms with E-state index in [4.69, 9.17) is 15.8 Å². The highest BCUT2D eigenvalue weighted by molar-refractivity contribution is 5.93. The van der Waals surface area contributed by atoms with E-state index < -0.39 is 23.6 Å². The van der Waals surface area contributed by atoms with Crippen LogP contribution >= 0.6 is 0 Å². The first kappa shape index (κ1) is 31.9. The van der Waals surface area contributed by atoms with E-state index in [0.29, 0.717) is 6.29 Å². The second-order valence-corrected chi connectivity index (χ2v) is 6.02. The minimum atomic E-state index is -0.852. The van der Waals surface area contributed by atoms with Gasteiger partial charge in [0.2, 0.25) is 0 Å². The summed E-state index contributed by atoms with van der Waals surface area (Å²) in [6, 6.07) is 8.79. The van der Waals surface area contributed by atoms with Gasteiger partial charge >= 0.3 is 11.9 Å². The largest absolute Gasteiger partial charge is 0.494 e. The molecule has 0 heterocycles. The number of aldehydes is 1. The molecular weight excluding hydrogens is 498 g/mol. The quantitative estimate of drug-likeness (QED) is 0.120. The molecule has 0 aliphatic carbocycles. The van der Waals surface area contributed by atoms with Gasteiger partial charge in [0.25, 0.3) is 0 Å². The van der Waals surface area contributed by atoms with Crippen LogP contribution in [0.5, 0.6) is 11.5 Å². The molecule has 15 heteroatoms. The van der Waals surface area contributed by atoms with Crippen LogP contribution in [0.3, 0.4) is 0 Å². The first-order chi connectivity index (χ1) is 17.7. The number of hydrogen-bond donors (Lipinski definition) is 0. The molecule has 0 spiro atoms. The Morgan fingerprint density at radius 1 is 0.892 bits per heavy atom. The van der Waals surface area contributed by atoms with Crippen LogP contribution in [-0.2, 0) is 19.1 Å². The zero-order chi connectivity index (χ0) is 28.2. The normalized spacial score (nSPS) is 9.41. The zero-order valence-corrected chi connectivity index (χ0v) is 20.1. The number of methoxy groups -OCH3 is 4. The topological polar surface area (TPSA) is 186 Å². The Hall–Kier alpha value is -5.13. The van der Waals surface area contributed by atoms with E-state index in [1.54, 1.807) is 12.1 Å². The predicted octanol–water partition coefficient (Wildman–Crippen LogP) is 4.78. The van der Waals surface area contributed by atoms with Crippen molar-refractivity contribution in [2.75, 3.05) is 35.0 Å². The van der Waals surface area contributed by atoms with Gasteiger partial charge in [-0.3, -0.25) is 9.59 Å². The molecule has 0 unspecified atom stereocenters. The molecule has 2 aromatic carbocycles. The van der Waals surface area contributed by atoms with Crippen LogP contribution < -0.4 is 9.47 Å². The monoisotopic (exact) mass is 520 g/mol. The Kier molecular flexibility index (Phi) is 15.7. The molecule has 37 heavy (non-hydrogen) atoms. The van der Waals surface area contributed by atoms with Crippen molar-refractivity contribution in [3.05, 3.63) is 85.7 Å². The van der Waals surface area contributed by atoms with Crippen molar-refractivity contribution >= 4 is 24.3 Å². The van der Waals surface area contributed by atoms with E-state index in [1.165, 1.54) is 45.6 Å². The second-order valence-electron chi connectivity index (χ2n) is 6.02. The summed E-state index contributed by atoms with van der Waals surface area (Å²) in [5, 5.41) is 6.09. The van der Waals surface area contributed by atoms with E-state index >= 15 is 0 Å². The van der Waals surface area contributed by atoms with E-state index in [0.717, 1.165) is 13.2 Å². The Morgan fingerprint density at radius 2 is 1.43 bits per heavy atom. The summed E-state index contributed by atoms with van der Waals surface area (Å²) in [6.45, 7) is -0.229. The first-order valence-corrected chi connectivity index (χ1v) is 9.77. The molecule has 0 saturated carbocycles. The standard InChI is InChI=1S/C11H10FN3O3.C8H7FO2.C3H5N3O2/c1-17-9-5-3-4-7(10(9)12)6-8(14-15-13)11(16)18-2;1-11-7-4-2-3-6(5-10)8(7)9;1-8-3(7)2-5-6-4/h3-6H,1-2H3;2-5H,1H3;2H2,1H3/b8-6+;;. The van der Waals surface area contributed by atoms with Crippen molar-refractivity contribution in [1.29, 1.82) is 0 Å². The number of hydrogen-bond acceptors (Lipinski definition) is 9. The summed E-state index contributed by atoms with van der Waals surface area (Å²) in [5.74, 6) is -2.53. The van der Waals surface area contributed by atoms with E-state index in [2.05, 4.69) is 34.3 Å². The molecule has 13 nitrogen and oxygen atoms in total. The van der Waals surface area contributed by atoms with Gasteiger partial charge in [-0.25, -0.2) is 13.6 Å². The molecule has 0 amide bonds. The van der Waals surface area contributed by atoms with Gasteiger partial charge in [0.05, 0.1) is 34.0 Å². The van der Waals surface area contributed by atoms with Crippen molar-refractivity contribution in [1.82, 2.24) is 0 Å². The zero-order valence-electron chi connectivity index (χ0n) is 20.1. The summed E-state index contributed by atoms with van der Waals surface area (Å²) in [4.78, 5) is 36.4. The summed E-state index contributed by atoms with van der Waals surface area (Å²) in [5.41, 5.74) is 15.7. The van der Waals surface area contributed by atoms with Crippen LogP contribution in [0.15, 0.2) is 52.3 Å². The van der Waals surface area contributed by atoms with Gasteiger partial charge in [0, 0.05) is 15.4 Å². The molecule has 0 aliphatic rings.